The van der Waals surface area contributed by atoms with Crippen LogP contribution < -0.4 is 10.6 Å². The van der Waals surface area contributed by atoms with Crippen molar-refractivity contribution in [2.24, 2.45) is 0 Å². The molecule has 1 atom stereocenters. The van der Waals surface area contributed by atoms with Crippen LogP contribution in [-0.2, 0) is 0 Å². The number of hydrogen-bond donors (Lipinski definition) is 2. The third kappa shape index (κ3) is 2.68. The molecular formula is C13H15N5OS. The molecule has 0 saturated carbocycles. The molecule has 0 spiro atoms. The van der Waals surface area contributed by atoms with E-state index < -0.39 is 0 Å². The molecule has 2 aromatic heterocycles. The number of aromatic nitrogens is 3. The molecular weight excluding hydrogens is 274 g/mol. The number of carbonyl (C=O) groups excluding carboxylic acids is 1. The second-order valence-corrected chi connectivity index (χ2v) is 5.67. The van der Waals surface area contributed by atoms with Gasteiger partial charge in [0.05, 0.1) is 5.69 Å². The van der Waals surface area contributed by atoms with E-state index in [-0.39, 0.29) is 11.9 Å². The first-order valence-corrected chi connectivity index (χ1v) is 7.32. The first kappa shape index (κ1) is 13.1. The van der Waals surface area contributed by atoms with E-state index in [2.05, 4.69) is 25.6 Å². The highest BCUT2D eigenvalue weighted by Gasteiger charge is 2.21. The van der Waals surface area contributed by atoms with Gasteiger partial charge in [0.2, 0.25) is 0 Å². The molecule has 1 aliphatic heterocycles. The fourth-order valence-corrected chi connectivity index (χ4v) is 3.06. The number of nitrogens with one attached hydrogen (secondary N) is 2. The van der Waals surface area contributed by atoms with E-state index in [0.717, 1.165) is 25.2 Å². The summed E-state index contributed by atoms with van der Waals surface area (Å²) >= 11 is 1.34. The van der Waals surface area contributed by atoms with E-state index in [9.17, 15) is 4.79 Å². The standard InChI is InChI=1S/C13H15N5OS/c1-8-10(12(19)18-9-3-6-14-7-9)20-13(17-8)11-15-4-2-5-16-11/h2,4-5,9,14H,3,6-7H2,1H3,(H,18,19). The summed E-state index contributed by atoms with van der Waals surface area (Å²) in [4.78, 5) is 25.6. The molecule has 1 saturated heterocycles. The molecule has 104 valence electrons. The maximum absolute atomic E-state index is 12.3. The van der Waals surface area contributed by atoms with E-state index in [4.69, 9.17) is 0 Å². The fraction of sp³-hybridized carbons (Fsp3) is 0.385. The lowest BCUT2D eigenvalue weighted by molar-refractivity contribution is 0.0943. The highest BCUT2D eigenvalue weighted by molar-refractivity contribution is 7.17. The maximum atomic E-state index is 12.3. The lowest BCUT2D eigenvalue weighted by Gasteiger charge is -2.09. The van der Waals surface area contributed by atoms with Crippen LogP contribution in [0.3, 0.4) is 0 Å². The van der Waals surface area contributed by atoms with Gasteiger partial charge in [-0.2, -0.15) is 0 Å². The molecule has 1 fully saturated rings. The van der Waals surface area contributed by atoms with Gasteiger partial charge < -0.3 is 10.6 Å². The van der Waals surface area contributed by atoms with Crippen LogP contribution in [0.1, 0.15) is 21.8 Å². The molecule has 0 aliphatic carbocycles. The Balaban J connectivity index is 1.80. The molecule has 1 unspecified atom stereocenters. The number of nitrogens with zero attached hydrogens (tertiary/aromatic N) is 3. The maximum Gasteiger partial charge on any atom is 0.263 e. The Labute approximate surface area is 120 Å². The zero-order valence-corrected chi connectivity index (χ0v) is 11.9. The van der Waals surface area contributed by atoms with Crippen LogP contribution in [0.4, 0.5) is 0 Å². The van der Waals surface area contributed by atoms with Crippen molar-refractivity contribution in [3.05, 3.63) is 29.0 Å². The van der Waals surface area contributed by atoms with Crippen molar-refractivity contribution < 1.29 is 4.79 Å². The van der Waals surface area contributed by atoms with E-state index >= 15 is 0 Å². The minimum absolute atomic E-state index is 0.0594. The lowest BCUT2D eigenvalue weighted by Crippen LogP contribution is -2.36. The predicted octanol–water partition coefficient (Wildman–Crippen LogP) is 1.00. The van der Waals surface area contributed by atoms with Crippen LogP contribution in [0.2, 0.25) is 0 Å². The summed E-state index contributed by atoms with van der Waals surface area (Å²) in [5.41, 5.74) is 0.723. The van der Waals surface area contributed by atoms with Gasteiger partial charge in [-0.3, -0.25) is 4.79 Å². The summed E-state index contributed by atoms with van der Waals surface area (Å²) < 4.78 is 0. The monoisotopic (exact) mass is 289 g/mol. The summed E-state index contributed by atoms with van der Waals surface area (Å²) in [6, 6.07) is 1.96. The van der Waals surface area contributed by atoms with Crippen molar-refractivity contribution in [1.29, 1.82) is 0 Å². The lowest BCUT2D eigenvalue weighted by atomic mass is 10.2. The Morgan fingerprint density at radius 1 is 1.45 bits per heavy atom. The second-order valence-electron chi connectivity index (χ2n) is 4.67. The van der Waals surface area contributed by atoms with E-state index in [1.165, 1.54) is 11.3 Å². The zero-order chi connectivity index (χ0) is 13.9. The van der Waals surface area contributed by atoms with Crippen molar-refractivity contribution in [3.8, 4) is 10.8 Å². The Hall–Kier alpha value is -1.86. The predicted molar refractivity (Wildman–Crippen MR) is 76.6 cm³/mol. The Morgan fingerprint density at radius 3 is 2.95 bits per heavy atom. The third-order valence-corrected chi connectivity index (χ3v) is 4.31. The highest BCUT2D eigenvalue weighted by atomic mass is 32.1. The van der Waals surface area contributed by atoms with Crippen molar-refractivity contribution >= 4 is 17.2 Å². The Morgan fingerprint density at radius 2 is 2.25 bits per heavy atom. The van der Waals surface area contributed by atoms with Crippen LogP contribution in [-0.4, -0.2) is 40.0 Å². The Kier molecular flexibility index (Phi) is 3.70. The van der Waals surface area contributed by atoms with Crippen LogP contribution in [0.25, 0.3) is 10.8 Å². The summed E-state index contributed by atoms with van der Waals surface area (Å²) in [5, 5.41) is 6.94. The van der Waals surface area contributed by atoms with Gasteiger partial charge >= 0.3 is 0 Å². The number of amides is 1. The molecule has 2 N–H and O–H groups in total. The minimum atomic E-state index is -0.0594. The van der Waals surface area contributed by atoms with Gasteiger partial charge in [-0.05, 0) is 26.0 Å². The number of carbonyl (C=O) groups is 1. The molecule has 0 aromatic carbocycles. The second kappa shape index (κ2) is 5.64. The van der Waals surface area contributed by atoms with E-state index in [1.807, 2.05) is 6.92 Å². The Bertz CT molecular complexity index is 606. The quantitative estimate of drug-likeness (QED) is 0.881. The van der Waals surface area contributed by atoms with E-state index in [0.29, 0.717) is 15.7 Å². The van der Waals surface area contributed by atoms with Gasteiger partial charge in [-0.1, -0.05) is 0 Å². The van der Waals surface area contributed by atoms with Gasteiger partial charge in [0, 0.05) is 25.0 Å². The number of aryl methyl sites for hydroxylation is 1. The molecule has 3 heterocycles. The number of hydrogen-bond acceptors (Lipinski definition) is 6. The van der Waals surface area contributed by atoms with Gasteiger partial charge in [-0.25, -0.2) is 15.0 Å². The number of rotatable bonds is 3. The molecule has 6 nitrogen and oxygen atoms in total. The molecule has 0 bridgehead atoms. The van der Waals surface area contributed by atoms with Gasteiger partial charge in [0.15, 0.2) is 10.8 Å². The first-order chi connectivity index (χ1) is 9.74. The van der Waals surface area contributed by atoms with Crippen molar-refractivity contribution in [2.45, 2.75) is 19.4 Å². The van der Waals surface area contributed by atoms with Crippen molar-refractivity contribution in [2.75, 3.05) is 13.1 Å². The average molecular weight is 289 g/mol. The van der Waals surface area contributed by atoms with Crippen LogP contribution >= 0.6 is 11.3 Å². The third-order valence-electron chi connectivity index (χ3n) is 3.16. The molecule has 3 rings (SSSR count). The zero-order valence-electron chi connectivity index (χ0n) is 11.1. The smallest absolute Gasteiger partial charge is 0.263 e. The normalized spacial score (nSPS) is 18.1. The summed E-state index contributed by atoms with van der Waals surface area (Å²) in [5.74, 6) is 0.498. The topological polar surface area (TPSA) is 79.8 Å². The molecule has 1 amide bonds. The van der Waals surface area contributed by atoms with Gasteiger partial charge in [0.1, 0.15) is 4.88 Å². The number of thiazole rings is 1. The molecule has 1 aliphatic rings. The molecule has 2 aromatic rings. The SMILES string of the molecule is Cc1nc(-c2ncccn2)sc1C(=O)NC1CCNC1. The van der Waals surface area contributed by atoms with Crippen LogP contribution in [0, 0.1) is 6.92 Å². The summed E-state index contributed by atoms with van der Waals surface area (Å²) in [7, 11) is 0. The van der Waals surface area contributed by atoms with Gasteiger partial charge in [0.25, 0.3) is 5.91 Å². The molecule has 7 heteroatoms. The largest absolute Gasteiger partial charge is 0.347 e. The van der Waals surface area contributed by atoms with Crippen molar-refractivity contribution in [3.63, 3.8) is 0 Å². The highest BCUT2D eigenvalue weighted by Crippen LogP contribution is 2.25. The minimum Gasteiger partial charge on any atom is -0.347 e. The summed E-state index contributed by atoms with van der Waals surface area (Å²) in [6.45, 7) is 3.62. The summed E-state index contributed by atoms with van der Waals surface area (Å²) in [6.07, 6.45) is 4.31. The first-order valence-electron chi connectivity index (χ1n) is 6.50. The van der Waals surface area contributed by atoms with Crippen molar-refractivity contribution in [1.82, 2.24) is 25.6 Å². The molecule has 0 radical (unpaired) electrons. The van der Waals surface area contributed by atoms with E-state index in [1.54, 1.807) is 18.5 Å². The van der Waals surface area contributed by atoms with Crippen LogP contribution in [0.5, 0.6) is 0 Å². The van der Waals surface area contributed by atoms with Gasteiger partial charge in [-0.15, -0.1) is 11.3 Å². The molecule has 20 heavy (non-hydrogen) atoms. The fourth-order valence-electron chi connectivity index (χ4n) is 2.14. The van der Waals surface area contributed by atoms with Crippen LogP contribution in [0.15, 0.2) is 18.5 Å². The average Bonchev–Trinajstić information content (AvgIpc) is 3.09.